The lowest BCUT2D eigenvalue weighted by Crippen LogP contribution is -2.19. The zero-order chi connectivity index (χ0) is 13.1. The molecule has 1 aliphatic rings. The van der Waals surface area contributed by atoms with Gasteiger partial charge in [-0.15, -0.1) is 5.10 Å². The number of carbonyl (C=O) groups is 1. The molecule has 0 bridgehead atoms. The average molecular weight is 489 g/mol. The number of hydrogen-bond donors (Lipinski definition) is 1. The van der Waals surface area contributed by atoms with Gasteiger partial charge in [0.2, 0.25) is 5.91 Å². The topological polar surface area (TPSA) is 53.8 Å². The van der Waals surface area contributed by atoms with Gasteiger partial charge in [0.15, 0.2) is 5.17 Å². The summed E-state index contributed by atoms with van der Waals surface area (Å²) >= 11 is 5.17. The minimum atomic E-state index is -0.224. The Morgan fingerprint density at radius 3 is 2.61 bits per heavy atom. The van der Waals surface area contributed by atoms with Gasteiger partial charge >= 0.3 is 0 Å². The molecular formula is C10H6FI2N3OS. The van der Waals surface area contributed by atoms with Crippen LogP contribution in [0.5, 0.6) is 0 Å². The summed E-state index contributed by atoms with van der Waals surface area (Å²) in [6.45, 7) is 0. The summed E-state index contributed by atoms with van der Waals surface area (Å²) < 4.78 is 14.5. The van der Waals surface area contributed by atoms with Crippen LogP contribution < -0.4 is 5.32 Å². The zero-order valence-corrected chi connectivity index (χ0v) is 13.9. The molecule has 18 heavy (non-hydrogen) atoms. The van der Waals surface area contributed by atoms with Crippen LogP contribution in [0.4, 0.5) is 4.39 Å². The first-order valence-corrected chi connectivity index (χ1v) is 7.89. The number of hydrogen-bond acceptors (Lipinski definition) is 4. The van der Waals surface area contributed by atoms with Crippen molar-refractivity contribution in [2.45, 2.75) is 0 Å². The zero-order valence-electron chi connectivity index (χ0n) is 8.78. The molecule has 1 aliphatic heterocycles. The van der Waals surface area contributed by atoms with E-state index < -0.39 is 0 Å². The molecule has 1 saturated heterocycles. The third kappa shape index (κ3) is 3.63. The smallest absolute Gasteiger partial charge is 0.236 e. The number of thioether (sulfide) groups is 1. The maximum absolute atomic E-state index is 13.4. The number of amides is 1. The molecule has 1 heterocycles. The SMILES string of the molecule is O=C1CSC(=NN=Cc2cc(I)c(F)c(I)c2)N1. The summed E-state index contributed by atoms with van der Waals surface area (Å²) in [7, 11) is 0. The van der Waals surface area contributed by atoms with Crippen molar-refractivity contribution >= 4 is 74.2 Å². The second-order valence-corrected chi connectivity index (χ2v) is 6.57. The van der Waals surface area contributed by atoms with E-state index in [1.165, 1.54) is 18.0 Å². The Morgan fingerprint density at radius 2 is 2.06 bits per heavy atom. The maximum Gasteiger partial charge on any atom is 0.236 e. The second-order valence-electron chi connectivity index (χ2n) is 3.29. The number of benzene rings is 1. The van der Waals surface area contributed by atoms with Crippen molar-refractivity contribution in [3.8, 4) is 0 Å². The molecule has 8 heteroatoms. The highest BCUT2D eigenvalue weighted by Gasteiger charge is 2.15. The first-order valence-electron chi connectivity index (χ1n) is 4.74. The highest BCUT2D eigenvalue weighted by Crippen LogP contribution is 2.19. The Kier molecular flexibility index (Phi) is 4.95. The van der Waals surface area contributed by atoms with Crippen LogP contribution in [0, 0.1) is 13.0 Å². The first-order chi connectivity index (χ1) is 8.56. The van der Waals surface area contributed by atoms with Gasteiger partial charge in [0.1, 0.15) is 5.82 Å². The lowest BCUT2D eigenvalue weighted by atomic mass is 10.2. The first kappa shape index (κ1) is 14.2. The molecule has 0 aliphatic carbocycles. The van der Waals surface area contributed by atoms with E-state index in [1.807, 2.05) is 45.2 Å². The molecule has 0 aromatic heterocycles. The Balaban J connectivity index is 2.12. The van der Waals surface area contributed by atoms with Crippen molar-refractivity contribution in [3.05, 3.63) is 30.7 Å². The number of carbonyl (C=O) groups excluding carboxylic acids is 1. The molecular weight excluding hydrogens is 483 g/mol. The fraction of sp³-hybridized carbons (Fsp3) is 0.100. The summed E-state index contributed by atoms with van der Waals surface area (Å²) in [6, 6.07) is 3.37. The average Bonchev–Trinajstić information content (AvgIpc) is 2.72. The van der Waals surface area contributed by atoms with Crippen LogP contribution >= 0.6 is 56.9 Å². The van der Waals surface area contributed by atoms with E-state index >= 15 is 0 Å². The highest BCUT2D eigenvalue weighted by atomic mass is 127. The predicted molar refractivity (Wildman–Crippen MR) is 87.5 cm³/mol. The van der Waals surface area contributed by atoms with Crippen molar-refractivity contribution in [2.75, 3.05) is 5.75 Å². The van der Waals surface area contributed by atoms with Crippen molar-refractivity contribution in [2.24, 2.45) is 10.2 Å². The van der Waals surface area contributed by atoms with E-state index in [9.17, 15) is 9.18 Å². The van der Waals surface area contributed by atoms with E-state index in [-0.39, 0.29) is 11.7 Å². The van der Waals surface area contributed by atoms with Gasteiger partial charge in [0.25, 0.3) is 0 Å². The Morgan fingerprint density at radius 1 is 1.39 bits per heavy atom. The molecule has 1 aromatic carbocycles. The lowest BCUT2D eigenvalue weighted by Gasteiger charge is -1.99. The van der Waals surface area contributed by atoms with Gasteiger partial charge in [-0.2, -0.15) is 5.10 Å². The van der Waals surface area contributed by atoms with Crippen LogP contribution in [0.15, 0.2) is 22.3 Å². The Hall–Kier alpha value is -0.230. The summed E-state index contributed by atoms with van der Waals surface area (Å²) in [5, 5.41) is 10.8. The monoisotopic (exact) mass is 489 g/mol. The van der Waals surface area contributed by atoms with Gasteiger partial charge in [0, 0.05) is 0 Å². The summed E-state index contributed by atoms with van der Waals surface area (Å²) in [6.07, 6.45) is 1.53. The maximum atomic E-state index is 13.4. The van der Waals surface area contributed by atoms with Crippen molar-refractivity contribution in [1.82, 2.24) is 5.32 Å². The third-order valence-electron chi connectivity index (χ3n) is 1.95. The van der Waals surface area contributed by atoms with Gasteiger partial charge in [-0.3, -0.25) is 4.79 Å². The highest BCUT2D eigenvalue weighted by molar-refractivity contribution is 14.1. The van der Waals surface area contributed by atoms with E-state index in [0.29, 0.717) is 18.1 Å². The van der Waals surface area contributed by atoms with Crippen molar-refractivity contribution < 1.29 is 9.18 Å². The minimum Gasteiger partial charge on any atom is -0.303 e. The van der Waals surface area contributed by atoms with Crippen LogP contribution in [-0.2, 0) is 4.79 Å². The molecule has 0 radical (unpaired) electrons. The van der Waals surface area contributed by atoms with E-state index in [1.54, 1.807) is 12.1 Å². The molecule has 1 amide bonds. The van der Waals surface area contributed by atoms with Gasteiger partial charge in [-0.05, 0) is 62.9 Å². The van der Waals surface area contributed by atoms with Crippen LogP contribution in [0.1, 0.15) is 5.56 Å². The fourth-order valence-corrected chi connectivity index (χ4v) is 3.62. The third-order valence-corrected chi connectivity index (χ3v) is 4.38. The van der Waals surface area contributed by atoms with Gasteiger partial charge in [-0.25, -0.2) is 4.39 Å². The van der Waals surface area contributed by atoms with Crippen LogP contribution in [0.3, 0.4) is 0 Å². The molecule has 0 unspecified atom stereocenters. The van der Waals surface area contributed by atoms with Crippen molar-refractivity contribution in [3.63, 3.8) is 0 Å². The van der Waals surface area contributed by atoms with Crippen LogP contribution in [0.25, 0.3) is 0 Å². The largest absolute Gasteiger partial charge is 0.303 e. The number of nitrogens with zero attached hydrogens (tertiary/aromatic N) is 2. The normalized spacial score (nSPS) is 17.7. The van der Waals surface area contributed by atoms with Gasteiger partial charge in [-0.1, -0.05) is 11.8 Å². The summed E-state index contributed by atoms with van der Waals surface area (Å²) in [5.74, 6) is 0.0823. The summed E-state index contributed by atoms with van der Waals surface area (Å²) in [4.78, 5) is 10.9. The van der Waals surface area contributed by atoms with Gasteiger partial charge < -0.3 is 5.32 Å². The molecule has 2 rings (SSSR count). The lowest BCUT2D eigenvalue weighted by molar-refractivity contribution is -0.116. The number of rotatable bonds is 2. The molecule has 0 atom stereocenters. The molecule has 94 valence electrons. The van der Waals surface area contributed by atoms with Crippen LogP contribution in [0.2, 0.25) is 0 Å². The number of halogens is 3. The predicted octanol–water partition coefficient (Wildman–Crippen LogP) is 2.59. The van der Waals surface area contributed by atoms with Crippen molar-refractivity contribution in [1.29, 1.82) is 0 Å². The Bertz CT molecular complexity index is 539. The van der Waals surface area contributed by atoms with Crippen LogP contribution in [-0.4, -0.2) is 23.0 Å². The molecule has 4 nitrogen and oxygen atoms in total. The number of nitrogens with one attached hydrogen (secondary N) is 1. The van der Waals surface area contributed by atoms with E-state index in [4.69, 9.17) is 0 Å². The standard InChI is InChI=1S/C10H6FI2N3OS/c11-9-6(12)1-5(2-7(9)13)3-14-16-10-15-8(17)4-18-10/h1-3H,4H2,(H,15,16,17). The molecule has 0 saturated carbocycles. The number of amidine groups is 1. The molecule has 0 spiro atoms. The summed E-state index contributed by atoms with van der Waals surface area (Å²) in [5.41, 5.74) is 0.767. The minimum absolute atomic E-state index is 0.0696. The quantitative estimate of drug-likeness (QED) is 0.301. The molecule has 1 aromatic rings. The molecule has 1 N–H and O–H groups in total. The molecule has 1 fully saturated rings. The van der Waals surface area contributed by atoms with E-state index in [0.717, 1.165) is 5.56 Å². The van der Waals surface area contributed by atoms with Gasteiger partial charge in [0.05, 0.1) is 19.1 Å². The van der Waals surface area contributed by atoms with E-state index in [2.05, 4.69) is 15.5 Å². The second kappa shape index (κ2) is 6.28. The fourth-order valence-electron chi connectivity index (χ4n) is 1.18. The Labute approximate surface area is 134 Å².